The van der Waals surface area contributed by atoms with Gasteiger partial charge in [0.1, 0.15) is 48.8 Å². The average Bonchev–Trinajstić information content (AvgIpc) is 3.29. The monoisotopic (exact) mass is 906 g/mol. The molecule has 14 heteroatoms. The average molecular weight is 906 g/mol. The minimum atomic E-state index is -1.80. The molecule has 0 saturated carbocycles. The lowest BCUT2D eigenvalue weighted by molar-refractivity contribution is -0.359. The summed E-state index contributed by atoms with van der Waals surface area (Å²) >= 11 is 0. The smallest absolute Gasteiger partial charge is 0.220 e. The summed E-state index contributed by atoms with van der Waals surface area (Å²) in [4.78, 5) is 13.1. The maximum atomic E-state index is 13.1. The lowest BCUT2D eigenvalue weighted by atomic mass is 9.97. The van der Waals surface area contributed by atoms with Crippen molar-refractivity contribution < 1.29 is 64.6 Å². The number of rotatable bonds is 34. The Morgan fingerprint density at radius 2 is 1.09 bits per heavy atom. The highest BCUT2D eigenvalue weighted by Crippen LogP contribution is 2.30. The van der Waals surface area contributed by atoms with Crippen LogP contribution in [0.5, 0.6) is 0 Å². The lowest BCUT2D eigenvalue weighted by Crippen LogP contribution is -2.65. The predicted octanol–water partition coefficient (Wildman–Crippen LogP) is 5.43. The van der Waals surface area contributed by atoms with E-state index < -0.39 is 86.8 Å². The third-order valence-electron chi connectivity index (χ3n) is 11.0. The zero-order valence-corrected chi connectivity index (χ0v) is 38.5. The maximum absolute atomic E-state index is 13.1. The van der Waals surface area contributed by atoms with Crippen molar-refractivity contribution in [3.63, 3.8) is 0 Å². The van der Waals surface area contributed by atoms with Crippen molar-refractivity contribution >= 4 is 5.91 Å². The Morgan fingerprint density at radius 1 is 0.578 bits per heavy atom. The second kappa shape index (κ2) is 36.3. The highest BCUT2D eigenvalue weighted by molar-refractivity contribution is 5.76. The van der Waals surface area contributed by atoms with Gasteiger partial charge in [0.25, 0.3) is 0 Å². The van der Waals surface area contributed by atoms with E-state index in [1.165, 1.54) is 0 Å². The van der Waals surface area contributed by atoms with Crippen LogP contribution in [-0.4, -0.2) is 140 Å². The molecule has 0 bridgehead atoms. The minimum Gasteiger partial charge on any atom is -0.394 e. The van der Waals surface area contributed by atoms with Gasteiger partial charge in [0.15, 0.2) is 12.6 Å². The van der Waals surface area contributed by atoms with Crippen LogP contribution in [0, 0.1) is 0 Å². The molecule has 12 atom stereocenters. The van der Waals surface area contributed by atoms with E-state index in [4.69, 9.17) is 18.9 Å². The standard InChI is InChI=1S/C50H83NO13/c1-3-5-7-9-11-13-15-16-17-18-19-20-21-22-24-26-28-30-32-34-42(55)51-38(39(54)33-31-29-27-25-23-14-12-10-8-6-4-2)37-61-49-47(60)45(58)48(41(36-53)63-49)64-50-46(59)44(57)43(56)40(35-52)62-50/h5,7-8,10-11,13,16-17,19-20,23,25,31,33,38-41,43-50,52-54,56-60H,3-4,6,9,12,14-15,18,21-22,24,26-30,32,34-37H2,1-2H3,(H,51,55)/b7-5-,10-8+,13-11-,17-16-,20-19-,25-23+,33-31+. The van der Waals surface area contributed by atoms with Crippen molar-refractivity contribution in [1.82, 2.24) is 5.32 Å². The number of ether oxygens (including phenoxy) is 4. The Bertz CT molecular complexity index is 1400. The molecule has 2 aliphatic heterocycles. The van der Waals surface area contributed by atoms with E-state index in [1.54, 1.807) is 6.08 Å². The van der Waals surface area contributed by atoms with Crippen molar-refractivity contribution in [2.75, 3.05) is 19.8 Å². The van der Waals surface area contributed by atoms with Crippen molar-refractivity contribution in [3.8, 4) is 0 Å². The molecule has 14 nitrogen and oxygen atoms in total. The Morgan fingerprint density at radius 3 is 1.70 bits per heavy atom. The van der Waals surface area contributed by atoms with E-state index in [1.807, 2.05) is 6.08 Å². The van der Waals surface area contributed by atoms with E-state index in [9.17, 15) is 45.6 Å². The van der Waals surface area contributed by atoms with Gasteiger partial charge < -0.3 is 65.1 Å². The van der Waals surface area contributed by atoms with Gasteiger partial charge >= 0.3 is 0 Å². The third-order valence-corrected chi connectivity index (χ3v) is 11.0. The Hall–Kier alpha value is -2.83. The number of aliphatic hydroxyl groups excluding tert-OH is 8. The van der Waals surface area contributed by atoms with Crippen LogP contribution in [0.4, 0.5) is 0 Å². The number of aliphatic hydroxyl groups is 8. The van der Waals surface area contributed by atoms with Crippen molar-refractivity contribution in [2.45, 2.75) is 203 Å². The summed E-state index contributed by atoms with van der Waals surface area (Å²) in [5, 5.41) is 86.5. The Kier molecular flexibility index (Phi) is 32.5. The molecule has 2 rings (SSSR count). The maximum Gasteiger partial charge on any atom is 0.220 e. The van der Waals surface area contributed by atoms with E-state index >= 15 is 0 Å². The minimum absolute atomic E-state index is 0.248. The largest absolute Gasteiger partial charge is 0.394 e. The quantitative estimate of drug-likeness (QED) is 0.0291. The Balaban J connectivity index is 1.87. The summed E-state index contributed by atoms with van der Waals surface area (Å²) in [7, 11) is 0. The van der Waals surface area contributed by atoms with Crippen LogP contribution in [0.2, 0.25) is 0 Å². The highest BCUT2D eigenvalue weighted by Gasteiger charge is 2.50. The molecule has 0 spiro atoms. The van der Waals surface area contributed by atoms with Gasteiger partial charge in [0.05, 0.1) is 32.0 Å². The van der Waals surface area contributed by atoms with E-state index in [2.05, 4.69) is 92.1 Å². The van der Waals surface area contributed by atoms with E-state index in [0.29, 0.717) is 12.8 Å². The molecule has 2 fully saturated rings. The fourth-order valence-corrected chi connectivity index (χ4v) is 7.14. The molecule has 64 heavy (non-hydrogen) atoms. The van der Waals surface area contributed by atoms with Gasteiger partial charge in [-0.2, -0.15) is 0 Å². The van der Waals surface area contributed by atoms with Gasteiger partial charge in [-0.1, -0.05) is 131 Å². The topological polar surface area (TPSA) is 228 Å². The molecular formula is C50H83NO13. The summed E-state index contributed by atoms with van der Waals surface area (Å²) in [6.45, 7) is 2.52. The second-order valence-corrected chi connectivity index (χ2v) is 16.5. The summed E-state index contributed by atoms with van der Waals surface area (Å²) < 4.78 is 22.6. The normalized spacial score (nSPS) is 28.0. The van der Waals surface area contributed by atoms with Gasteiger partial charge in [0.2, 0.25) is 5.91 Å². The van der Waals surface area contributed by atoms with Gasteiger partial charge in [-0.05, 0) is 77.0 Å². The number of hydrogen-bond donors (Lipinski definition) is 9. The molecule has 2 heterocycles. The van der Waals surface area contributed by atoms with Crippen molar-refractivity contribution in [3.05, 3.63) is 85.1 Å². The molecule has 0 radical (unpaired) electrons. The fourth-order valence-electron chi connectivity index (χ4n) is 7.14. The predicted molar refractivity (Wildman–Crippen MR) is 249 cm³/mol. The number of amides is 1. The van der Waals surface area contributed by atoms with E-state index in [-0.39, 0.29) is 18.9 Å². The lowest BCUT2D eigenvalue weighted by Gasteiger charge is -2.46. The summed E-state index contributed by atoms with van der Waals surface area (Å²) in [6.07, 6.45) is 29.2. The van der Waals surface area contributed by atoms with Crippen LogP contribution in [-0.2, 0) is 23.7 Å². The number of unbranched alkanes of at least 4 members (excludes halogenated alkanes) is 9. The zero-order valence-electron chi connectivity index (χ0n) is 38.5. The first kappa shape index (κ1) is 57.3. The number of hydrogen-bond acceptors (Lipinski definition) is 13. The van der Waals surface area contributed by atoms with Crippen LogP contribution >= 0.6 is 0 Å². The molecule has 1 amide bonds. The first-order valence-electron chi connectivity index (χ1n) is 23.8. The number of carbonyl (C=O) groups is 1. The molecule has 0 aromatic rings. The van der Waals surface area contributed by atoms with Crippen molar-refractivity contribution in [1.29, 1.82) is 0 Å². The second-order valence-electron chi connectivity index (χ2n) is 16.5. The zero-order chi connectivity index (χ0) is 46.8. The molecule has 2 aliphatic rings. The fraction of sp³-hybridized carbons (Fsp3) is 0.700. The molecule has 0 aliphatic carbocycles. The summed E-state index contributed by atoms with van der Waals surface area (Å²) in [6, 6.07) is -0.948. The molecule has 0 aromatic carbocycles. The van der Waals surface area contributed by atoms with Crippen LogP contribution in [0.15, 0.2) is 85.1 Å². The Labute approximate surface area is 382 Å². The molecule has 9 N–H and O–H groups in total. The number of carbonyl (C=O) groups excluding carboxylic acids is 1. The van der Waals surface area contributed by atoms with Crippen LogP contribution < -0.4 is 5.32 Å². The first-order chi connectivity index (χ1) is 31.1. The van der Waals surface area contributed by atoms with Crippen LogP contribution in [0.3, 0.4) is 0 Å². The number of nitrogens with one attached hydrogen (secondary N) is 1. The van der Waals surface area contributed by atoms with Crippen LogP contribution in [0.25, 0.3) is 0 Å². The van der Waals surface area contributed by atoms with E-state index in [0.717, 1.165) is 96.3 Å². The summed E-state index contributed by atoms with van der Waals surface area (Å²) in [5.74, 6) is -0.275. The molecular weight excluding hydrogens is 823 g/mol. The third kappa shape index (κ3) is 23.6. The summed E-state index contributed by atoms with van der Waals surface area (Å²) in [5.41, 5.74) is 0. The number of allylic oxidation sites excluding steroid dienone is 13. The van der Waals surface area contributed by atoms with Gasteiger partial charge in [-0.15, -0.1) is 0 Å². The SMILES string of the molecule is CC/C=C\C/C=C\C/C=C\C/C=C\CCCCCCCCC(=O)NC(COC1OC(CO)C(OC2OC(CO)C(O)C(O)C2O)C(O)C1O)C(O)/C=C/CC/C=C/CC/C=C/CCC. The highest BCUT2D eigenvalue weighted by atomic mass is 16.7. The van der Waals surface area contributed by atoms with Gasteiger partial charge in [0, 0.05) is 6.42 Å². The van der Waals surface area contributed by atoms with Crippen LogP contribution in [0.1, 0.15) is 129 Å². The first-order valence-corrected chi connectivity index (χ1v) is 23.8. The molecule has 12 unspecified atom stereocenters. The van der Waals surface area contributed by atoms with Gasteiger partial charge in [-0.3, -0.25) is 4.79 Å². The molecule has 366 valence electrons. The van der Waals surface area contributed by atoms with Crippen molar-refractivity contribution in [2.24, 2.45) is 0 Å². The molecule has 0 aromatic heterocycles. The van der Waals surface area contributed by atoms with Gasteiger partial charge in [-0.25, -0.2) is 0 Å². The molecule has 2 saturated heterocycles.